The maximum atomic E-state index is 12.6. The van der Waals surface area contributed by atoms with Gasteiger partial charge < -0.3 is 15.1 Å². The number of aromatic nitrogens is 2. The van der Waals surface area contributed by atoms with Gasteiger partial charge in [-0.05, 0) is 68.9 Å². The number of rotatable bonds is 5. The average Bonchev–Trinajstić information content (AvgIpc) is 3.06. The SMILES string of the molecule is Cc1cc(C)n(Cc2ccc(C(=O)Nc3ccc(N4CCN(C)CC4)cc3)cc2)n1. The molecule has 1 aromatic heterocycles. The first-order chi connectivity index (χ1) is 14.5. The summed E-state index contributed by atoms with van der Waals surface area (Å²) in [4.78, 5) is 17.3. The lowest BCUT2D eigenvalue weighted by atomic mass is 10.1. The molecule has 2 heterocycles. The van der Waals surface area contributed by atoms with Crippen LogP contribution in [-0.4, -0.2) is 53.8 Å². The molecule has 6 heteroatoms. The Balaban J connectivity index is 1.36. The van der Waals surface area contributed by atoms with Crippen LogP contribution in [0.1, 0.15) is 27.3 Å². The number of anilines is 2. The molecule has 1 aliphatic rings. The largest absolute Gasteiger partial charge is 0.369 e. The fraction of sp³-hybridized carbons (Fsp3) is 0.333. The lowest BCUT2D eigenvalue weighted by Crippen LogP contribution is -2.44. The van der Waals surface area contributed by atoms with Gasteiger partial charge in [-0.3, -0.25) is 9.48 Å². The van der Waals surface area contributed by atoms with Crippen molar-refractivity contribution in [2.24, 2.45) is 0 Å². The summed E-state index contributed by atoms with van der Waals surface area (Å²) in [6.45, 7) is 8.97. The minimum absolute atomic E-state index is 0.0972. The van der Waals surface area contributed by atoms with Crippen LogP contribution in [0.25, 0.3) is 0 Å². The number of nitrogens with one attached hydrogen (secondary N) is 1. The molecule has 1 amide bonds. The third kappa shape index (κ3) is 4.71. The van der Waals surface area contributed by atoms with E-state index in [0.29, 0.717) is 12.1 Å². The first kappa shape index (κ1) is 20.2. The van der Waals surface area contributed by atoms with Crippen LogP contribution in [0.3, 0.4) is 0 Å². The van der Waals surface area contributed by atoms with Gasteiger partial charge in [0.2, 0.25) is 0 Å². The number of piperazine rings is 1. The molecule has 0 unspecified atom stereocenters. The summed E-state index contributed by atoms with van der Waals surface area (Å²) < 4.78 is 1.98. The molecule has 0 spiro atoms. The van der Waals surface area contributed by atoms with Gasteiger partial charge in [0.05, 0.1) is 12.2 Å². The van der Waals surface area contributed by atoms with Gasteiger partial charge >= 0.3 is 0 Å². The Morgan fingerprint density at radius 3 is 2.23 bits per heavy atom. The molecule has 1 fully saturated rings. The molecule has 0 bridgehead atoms. The van der Waals surface area contributed by atoms with Crippen molar-refractivity contribution in [3.8, 4) is 0 Å². The number of likely N-dealkylation sites (N-methyl/N-ethyl adjacent to an activating group) is 1. The molecule has 0 aliphatic carbocycles. The molecule has 4 rings (SSSR count). The molecule has 1 aliphatic heterocycles. The second-order valence-corrected chi connectivity index (χ2v) is 8.07. The Morgan fingerprint density at radius 1 is 0.967 bits per heavy atom. The predicted octanol–water partition coefficient (Wildman–Crippen LogP) is 3.55. The third-order valence-electron chi connectivity index (χ3n) is 5.65. The van der Waals surface area contributed by atoms with Gasteiger partial charge in [-0.25, -0.2) is 0 Å². The Labute approximate surface area is 178 Å². The van der Waals surface area contributed by atoms with Crippen molar-refractivity contribution >= 4 is 17.3 Å². The normalized spacial score (nSPS) is 14.7. The molecule has 0 atom stereocenters. The molecule has 2 aromatic carbocycles. The van der Waals surface area contributed by atoms with Crippen molar-refractivity contribution in [3.05, 3.63) is 77.1 Å². The number of amides is 1. The Bertz CT molecular complexity index is 999. The summed E-state index contributed by atoms with van der Waals surface area (Å²) in [5.74, 6) is -0.0972. The molecule has 0 radical (unpaired) electrons. The van der Waals surface area contributed by atoms with Gasteiger partial charge in [-0.1, -0.05) is 12.1 Å². The van der Waals surface area contributed by atoms with Gasteiger partial charge in [0.1, 0.15) is 0 Å². The molecular weight excluding hydrogens is 374 g/mol. The highest BCUT2D eigenvalue weighted by Gasteiger charge is 2.14. The van der Waals surface area contributed by atoms with E-state index >= 15 is 0 Å². The topological polar surface area (TPSA) is 53.4 Å². The van der Waals surface area contributed by atoms with E-state index in [4.69, 9.17) is 0 Å². The highest BCUT2D eigenvalue weighted by Crippen LogP contribution is 2.20. The fourth-order valence-corrected chi connectivity index (χ4v) is 3.79. The second kappa shape index (κ2) is 8.71. The number of nitrogens with zero attached hydrogens (tertiary/aromatic N) is 4. The number of hydrogen-bond acceptors (Lipinski definition) is 4. The molecule has 30 heavy (non-hydrogen) atoms. The Hall–Kier alpha value is -3.12. The highest BCUT2D eigenvalue weighted by molar-refractivity contribution is 6.04. The highest BCUT2D eigenvalue weighted by atomic mass is 16.1. The van der Waals surface area contributed by atoms with E-state index in [1.807, 2.05) is 48.0 Å². The van der Waals surface area contributed by atoms with Gasteiger partial charge in [0.15, 0.2) is 0 Å². The zero-order valence-electron chi connectivity index (χ0n) is 17.9. The van der Waals surface area contributed by atoms with Crippen LogP contribution >= 0.6 is 0 Å². The van der Waals surface area contributed by atoms with Gasteiger partial charge in [-0.2, -0.15) is 5.10 Å². The van der Waals surface area contributed by atoms with Crippen molar-refractivity contribution in [3.63, 3.8) is 0 Å². The third-order valence-corrected chi connectivity index (χ3v) is 5.65. The molecule has 1 N–H and O–H groups in total. The first-order valence-corrected chi connectivity index (χ1v) is 10.4. The fourth-order valence-electron chi connectivity index (χ4n) is 3.79. The average molecular weight is 404 g/mol. The van der Waals surface area contributed by atoms with E-state index in [2.05, 4.69) is 52.4 Å². The quantitative estimate of drug-likeness (QED) is 0.708. The van der Waals surface area contributed by atoms with E-state index in [1.54, 1.807) is 0 Å². The zero-order chi connectivity index (χ0) is 21.1. The van der Waals surface area contributed by atoms with Crippen LogP contribution in [0.2, 0.25) is 0 Å². The van der Waals surface area contributed by atoms with Crippen molar-refractivity contribution in [1.29, 1.82) is 0 Å². The lowest BCUT2D eigenvalue weighted by Gasteiger charge is -2.34. The van der Waals surface area contributed by atoms with Gasteiger partial charge in [-0.15, -0.1) is 0 Å². The second-order valence-electron chi connectivity index (χ2n) is 8.07. The van der Waals surface area contributed by atoms with Crippen molar-refractivity contribution < 1.29 is 4.79 Å². The molecule has 0 saturated carbocycles. The smallest absolute Gasteiger partial charge is 0.255 e. The summed E-state index contributed by atoms with van der Waals surface area (Å²) in [6.07, 6.45) is 0. The lowest BCUT2D eigenvalue weighted by molar-refractivity contribution is 0.102. The zero-order valence-corrected chi connectivity index (χ0v) is 17.9. The first-order valence-electron chi connectivity index (χ1n) is 10.4. The maximum Gasteiger partial charge on any atom is 0.255 e. The molecule has 6 nitrogen and oxygen atoms in total. The number of hydrogen-bond donors (Lipinski definition) is 1. The van der Waals surface area contributed by atoms with Crippen LogP contribution in [0, 0.1) is 13.8 Å². The van der Waals surface area contributed by atoms with Crippen molar-refractivity contribution in [2.45, 2.75) is 20.4 Å². The molecule has 3 aromatic rings. The monoisotopic (exact) mass is 403 g/mol. The summed E-state index contributed by atoms with van der Waals surface area (Å²) in [6, 6.07) is 17.9. The van der Waals surface area contributed by atoms with Crippen molar-refractivity contribution in [2.75, 3.05) is 43.4 Å². The summed E-state index contributed by atoms with van der Waals surface area (Å²) in [5.41, 5.74) is 5.93. The number of carbonyl (C=O) groups is 1. The van der Waals surface area contributed by atoms with Crippen LogP contribution in [-0.2, 0) is 6.54 Å². The van der Waals surface area contributed by atoms with Crippen LogP contribution in [0.15, 0.2) is 54.6 Å². The Kier molecular flexibility index (Phi) is 5.86. The van der Waals surface area contributed by atoms with E-state index in [-0.39, 0.29) is 5.91 Å². The number of aryl methyl sites for hydroxylation is 2. The van der Waals surface area contributed by atoms with Crippen LogP contribution in [0.5, 0.6) is 0 Å². The van der Waals surface area contributed by atoms with Crippen LogP contribution in [0.4, 0.5) is 11.4 Å². The van der Waals surface area contributed by atoms with Gasteiger partial charge in [0.25, 0.3) is 5.91 Å². The minimum Gasteiger partial charge on any atom is -0.369 e. The molecule has 1 saturated heterocycles. The Morgan fingerprint density at radius 2 is 1.63 bits per heavy atom. The van der Waals surface area contributed by atoms with E-state index in [0.717, 1.165) is 48.8 Å². The molecular formula is C24H29N5O. The minimum atomic E-state index is -0.0972. The van der Waals surface area contributed by atoms with E-state index in [1.165, 1.54) is 5.69 Å². The number of benzene rings is 2. The summed E-state index contributed by atoms with van der Waals surface area (Å²) in [5, 5.41) is 7.49. The maximum absolute atomic E-state index is 12.6. The van der Waals surface area contributed by atoms with Gasteiger partial charge in [0, 0.05) is 48.8 Å². The van der Waals surface area contributed by atoms with E-state index in [9.17, 15) is 4.79 Å². The summed E-state index contributed by atoms with van der Waals surface area (Å²) >= 11 is 0. The number of carbonyl (C=O) groups excluding carboxylic acids is 1. The van der Waals surface area contributed by atoms with E-state index < -0.39 is 0 Å². The summed E-state index contributed by atoms with van der Waals surface area (Å²) in [7, 11) is 2.15. The van der Waals surface area contributed by atoms with Crippen molar-refractivity contribution in [1.82, 2.24) is 14.7 Å². The molecule has 156 valence electrons. The van der Waals surface area contributed by atoms with Crippen LogP contribution < -0.4 is 10.2 Å². The standard InChI is InChI=1S/C24H29N5O/c1-18-16-19(2)29(26-18)17-20-4-6-21(7-5-20)24(30)25-22-8-10-23(11-9-22)28-14-12-27(3)13-15-28/h4-11,16H,12-15,17H2,1-3H3,(H,25,30). The predicted molar refractivity (Wildman–Crippen MR) is 121 cm³/mol.